The molecule has 1 aromatic carbocycles. The van der Waals surface area contributed by atoms with Crippen molar-refractivity contribution in [3.8, 4) is 0 Å². The molecule has 1 aliphatic rings. The lowest BCUT2D eigenvalue weighted by Crippen LogP contribution is -2.24. The van der Waals surface area contributed by atoms with E-state index in [4.69, 9.17) is 20.4 Å². The molecule has 11 nitrogen and oxygen atoms in total. The Hall–Kier alpha value is -3.76. The van der Waals surface area contributed by atoms with Crippen LogP contribution in [0.1, 0.15) is 62.1 Å². The topological polar surface area (TPSA) is 193 Å². The van der Waals surface area contributed by atoms with Crippen molar-refractivity contribution in [1.82, 2.24) is 0 Å². The van der Waals surface area contributed by atoms with E-state index in [0.717, 1.165) is 0 Å². The molecule has 0 saturated heterocycles. The molecule has 1 heterocycles. The summed E-state index contributed by atoms with van der Waals surface area (Å²) in [7, 11) is 0. The highest BCUT2D eigenvalue weighted by Gasteiger charge is 2.45. The van der Waals surface area contributed by atoms with Gasteiger partial charge in [0.15, 0.2) is 0 Å². The largest absolute Gasteiger partial charge is 0.478 e. The number of carbonyl (C=O) groups excluding carboxylic acids is 2. The first kappa shape index (κ1) is 15.6. The number of esters is 2. The number of rotatable bonds is 4. The zero-order chi connectivity index (χ0) is 17.6. The van der Waals surface area contributed by atoms with E-state index < -0.39 is 69.2 Å². The van der Waals surface area contributed by atoms with Gasteiger partial charge in [-0.3, -0.25) is 0 Å². The van der Waals surface area contributed by atoms with Crippen LogP contribution in [0.3, 0.4) is 0 Å². The van der Waals surface area contributed by atoms with E-state index in [9.17, 15) is 28.8 Å². The molecule has 0 radical (unpaired) electrons. The SMILES string of the molecule is O=C(O)c1c(C(=O)O)c(C(=O)O)c2c(c1C(=O)O)C(=O)OC2=O. The molecule has 1 aliphatic heterocycles. The van der Waals surface area contributed by atoms with Crippen LogP contribution in [0, 0.1) is 0 Å². The Kier molecular flexibility index (Phi) is 3.33. The van der Waals surface area contributed by atoms with E-state index in [2.05, 4.69) is 4.74 Å². The van der Waals surface area contributed by atoms with Gasteiger partial charge >= 0.3 is 35.8 Å². The highest BCUT2D eigenvalue weighted by Crippen LogP contribution is 2.34. The maximum atomic E-state index is 11.6. The summed E-state index contributed by atoms with van der Waals surface area (Å²) < 4.78 is 4.09. The number of carboxylic acids is 4. The van der Waals surface area contributed by atoms with Crippen LogP contribution in [0.4, 0.5) is 0 Å². The quantitative estimate of drug-likeness (QED) is 0.423. The summed E-state index contributed by atoms with van der Waals surface area (Å²) in [5.41, 5.74) is -7.75. The van der Waals surface area contributed by atoms with Crippen LogP contribution in [0.2, 0.25) is 0 Å². The lowest BCUT2D eigenvalue weighted by atomic mass is 9.87. The number of carbonyl (C=O) groups is 6. The van der Waals surface area contributed by atoms with Gasteiger partial charge in [0.05, 0.1) is 33.4 Å². The number of fused-ring (bicyclic) bond motifs is 1. The van der Waals surface area contributed by atoms with E-state index in [1.54, 1.807) is 0 Å². The molecule has 0 aromatic heterocycles. The number of cyclic esters (lactones) is 2. The fraction of sp³-hybridized carbons (Fsp3) is 0. The molecular formula is C12H4O11. The zero-order valence-electron chi connectivity index (χ0n) is 10.6. The van der Waals surface area contributed by atoms with E-state index in [-0.39, 0.29) is 0 Å². The number of benzene rings is 1. The van der Waals surface area contributed by atoms with Crippen molar-refractivity contribution in [2.75, 3.05) is 0 Å². The van der Waals surface area contributed by atoms with Gasteiger partial charge in [-0.1, -0.05) is 0 Å². The number of aromatic carboxylic acids is 4. The van der Waals surface area contributed by atoms with Crippen LogP contribution in [0.25, 0.3) is 0 Å². The van der Waals surface area contributed by atoms with Crippen molar-refractivity contribution in [3.05, 3.63) is 33.4 Å². The average Bonchev–Trinajstić information content (AvgIpc) is 2.70. The van der Waals surface area contributed by atoms with Gasteiger partial charge in [0.2, 0.25) is 0 Å². The van der Waals surface area contributed by atoms with Crippen molar-refractivity contribution in [2.24, 2.45) is 0 Å². The van der Waals surface area contributed by atoms with Crippen LogP contribution in [-0.4, -0.2) is 56.2 Å². The van der Waals surface area contributed by atoms with Gasteiger partial charge in [-0.25, -0.2) is 28.8 Å². The van der Waals surface area contributed by atoms with Gasteiger partial charge in [0.1, 0.15) is 0 Å². The van der Waals surface area contributed by atoms with Crippen LogP contribution in [0.15, 0.2) is 0 Å². The van der Waals surface area contributed by atoms with Crippen LogP contribution in [-0.2, 0) is 4.74 Å². The molecule has 0 spiro atoms. The van der Waals surface area contributed by atoms with E-state index >= 15 is 0 Å². The summed E-state index contributed by atoms with van der Waals surface area (Å²) in [5, 5.41) is 36.3. The summed E-state index contributed by atoms with van der Waals surface area (Å²) in [5.74, 6) is -11.4. The van der Waals surface area contributed by atoms with Gasteiger partial charge < -0.3 is 25.2 Å². The van der Waals surface area contributed by atoms with Gasteiger partial charge in [-0.05, 0) is 0 Å². The molecule has 0 bridgehead atoms. The fourth-order valence-corrected chi connectivity index (χ4v) is 2.20. The summed E-state index contributed by atoms with van der Waals surface area (Å²) in [6.07, 6.45) is 0. The molecule has 0 atom stereocenters. The maximum Gasteiger partial charge on any atom is 0.347 e. The molecule has 0 saturated carbocycles. The van der Waals surface area contributed by atoms with Crippen molar-refractivity contribution >= 4 is 35.8 Å². The molecule has 0 aliphatic carbocycles. The first-order chi connectivity index (χ1) is 10.6. The minimum atomic E-state index is -2.10. The Bertz CT molecular complexity index is 776. The van der Waals surface area contributed by atoms with Crippen LogP contribution >= 0.6 is 0 Å². The molecule has 118 valence electrons. The van der Waals surface area contributed by atoms with Gasteiger partial charge in [0.25, 0.3) is 0 Å². The van der Waals surface area contributed by atoms with Crippen molar-refractivity contribution in [3.63, 3.8) is 0 Å². The maximum absolute atomic E-state index is 11.6. The van der Waals surface area contributed by atoms with Crippen molar-refractivity contribution in [2.45, 2.75) is 0 Å². The van der Waals surface area contributed by atoms with Gasteiger partial charge in [0, 0.05) is 0 Å². The molecule has 0 amide bonds. The third kappa shape index (κ3) is 2.07. The van der Waals surface area contributed by atoms with Crippen molar-refractivity contribution in [1.29, 1.82) is 0 Å². The second kappa shape index (κ2) is 4.91. The third-order valence-corrected chi connectivity index (χ3v) is 2.95. The number of carboxylic acid groups (broad SMARTS) is 4. The Balaban J connectivity index is 3.23. The molecule has 11 heteroatoms. The van der Waals surface area contributed by atoms with Crippen LogP contribution < -0.4 is 0 Å². The van der Waals surface area contributed by atoms with Crippen LogP contribution in [0.5, 0.6) is 0 Å². The molecule has 2 rings (SSSR count). The smallest absolute Gasteiger partial charge is 0.347 e. The van der Waals surface area contributed by atoms with E-state index in [1.165, 1.54) is 0 Å². The molecule has 4 N–H and O–H groups in total. The molecule has 1 aromatic rings. The summed E-state index contributed by atoms with van der Waals surface area (Å²) in [6, 6.07) is 0. The highest BCUT2D eigenvalue weighted by molar-refractivity contribution is 6.27. The molecule has 0 unspecified atom stereocenters. The first-order valence-electron chi connectivity index (χ1n) is 5.53. The Labute approximate surface area is 124 Å². The standard InChI is InChI=1S/C12H4O11/c13-7(14)1-2(8(15)16)4(10(19)20)6-5(3(1)9(17)18)11(21)23-12(6)22/h(H,13,14)(H,15,16)(H,17,18)(H,19,20). The minimum Gasteiger partial charge on any atom is -0.478 e. The number of ether oxygens (including phenoxy) is 1. The average molecular weight is 324 g/mol. The summed E-state index contributed by atoms with van der Waals surface area (Å²) in [4.78, 5) is 68.2. The Morgan fingerprint density at radius 1 is 0.565 bits per heavy atom. The number of hydrogen-bond acceptors (Lipinski definition) is 7. The predicted molar refractivity (Wildman–Crippen MR) is 64.0 cm³/mol. The van der Waals surface area contributed by atoms with E-state index in [1.807, 2.05) is 0 Å². The summed E-state index contributed by atoms with van der Waals surface area (Å²) in [6.45, 7) is 0. The lowest BCUT2D eigenvalue weighted by molar-refractivity contribution is 0.0435. The molecule has 23 heavy (non-hydrogen) atoms. The highest BCUT2D eigenvalue weighted by atomic mass is 16.6. The van der Waals surface area contributed by atoms with Gasteiger partial charge in [-0.2, -0.15) is 0 Å². The van der Waals surface area contributed by atoms with E-state index in [0.29, 0.717) is 0 Å². The zero-order valence-corrected chi connectivity index (χ0v) is 10.6. The predicted octanol–water partition coefficient (Wildman–Crippen LogP) is -0.210. The lowest BCUT2D eigenvalue weighted by Gasteiger charge is -2.12. The number of hydrogen-bond donors (Lipinski definition) is 4. The Morgan fingerprint density at radius 2 is 0.826 bits per heavy atom. The molecule has 0 fully saturated rings. The van der Waals surface area contributed by atoms with Gasteiger partial charge in [-0.15, -0.1) is 0 Å². The normalized spacial score (nSPS) is 12.5. The van der Waals surface area contributed by atoms with Crippen molar-refractivity contribution < 1.29 is 53.9 Å². The Morgan fingerprint density at radius 3 is 1.04 bits per heavy atom. The second-order valence-electron chi connectivity index (χ2n) is 4.15. The molecular weight excluding hydrogens is 320 g/mol. The monoisotopic (exact) mass is 324 g/mol. The first-order valence-corrected chi connectivity index (χ1v) is 5.53. The second-order valence-corrected chi connectivity index (χ2v) is 4.15. The third-order valence-electron chi connectivity index (χ3n) is 2.95. The summed E-state index contributed by atoms with van der Waals surface area (Å²) >= 11 is 0. The fourth-order valence-electron chi connectivity index (χ4n) is 2.20. The minimum absolute atomic E-state index is 1.11.